The molecule has 0 aliphatic heterocycles. The van der Waals surface area contributed by atoms with Gasteiger partial charge in [0.25, 0.3) is 0 Å². The van der Waals surface area contributed by atoms with Crippen LogP contribution in [0.15, 0.2) is 24.3 Å². The summed E-state index contributed by atoms with van der Waals surface area (Å²) in [5.74, 6) is -0.0512. The molecule has 82 valence electrons. The van der Waals surface area contributed by atoms with Crippen LogP contribution in [0, 0.1) is 11.2 Å². The summed E-state index contributed by atoms with van der Waals surface area (Å²) in [6.07, 6.45) is 5.92. The summed E-state index contributed by atoms with van der Waals surface area (Å²) in [5, 5.41) is 0.994. The molecule has 1 aliphatic rings. The van der Waals surface area contributed by atoms with Gasteiger partial charge in [0.15, 0.2) is 0 Å². The molecule has 0 spiro atoms. The second-order valence-corrected chi connectivity index (χ2v) is 5.17. The van der Waals surface area contributed by atoms with E-state index in [1.807, 2.05) is 12.1 Å². The molecule has 0 N–H and O–H groups in total. The van der Waals surface area contributed by atoms with Crippen LogP contribution in [0.4, 0.5) is 4.39 Å². The largest absolute Gasteiger partial charge is 0.207 e. The lowest BCUT2D eigenvalue weighted by atomic mass is 9.82. The molecule has 0 atom stereocenters. The van der Waals surface area contributed by atoms with Gasteiger partial charge in [-0.2, -0.15) is 0 Å². The number of halogens is 2. The first-order valence-electron chi connectivity index (χ1n) is 5.55. The summed E-state index contributed by atoms with van der Waals surface area (Å²) < 4.78 is 13.5. The van der Waals surface area contributed by atoms with Crippen LogP contribution in [-0.4, -0.2) is 5.33 Å². The van der Waals surface area contributed by atoms with Gasteiger partial charge in [-0.05, 0) is 36.3 Å². The first kappa shape index (κ1) is 11.1. The van der Waals surface area contributed by atoms with Crippen molar-refractivity contribution in [3.8, 4) is 0 Å². The minimum Gasteiger partial charge on any atom is -0.207 e. The van der Waals surface area contributed by atoms with Crippen molar-refractivity contribution in [1.29, 1.82) is 0 Å². The molecule has 0 heterocycles. The SMILES string of the molecule is Fc1ccccc1CC1(CBr)CCCC1. The van der Waals surface area contributed by atoms with Crippen LogP contribution in [0.5, 0.6) is 0 Å². The molecule has 0 unspecified atom stereocenters. The van der Waals surface area contributed by atoms with Crippen molar-refractivity contribution in [2.45, 2.75) is 32.1 Å². The van der Waals surface area contributed by atoms with Gasteiger partial charge in [-0.15, -0.1) is 0 Å². The van der Waals surface area contributed by atoms with E-state index in [1.165, 1.54) is 25.7 Å². The van der Waals surface area contributed by atoms with Gasteiger partial charge in [0, 0.05) is 5.33 Å². The van der Waals surface area contributed by atoms with E-state index in [0.29, 0.717) is 5.41 Å². The van der Waals surface area contributed by atoms with Gasteiger partial charge < -0.3 is 0 Å². The van der Waals surface area contributed by atoms with E-state index in [2.05, 4.69) is 15.9 Å². The Morgan fingerprint density at radius 1 is 1.20 bits per heavy atom. The molecule has 0 bridgehead atoms. The molecular formula is C13H16BrF. The van der Waals surface area contributed by atoms with Gasteiger partial charge >= 0.3 is 0 Å². The van der Waals surface area contributed by atoms with Crippen LogP contribution in [0.1, 0.15) is 31.2 Å². The summed E-state index contributed by atoms with van der Waals surface area (Å²) in [7, 11) is 0. The smallest absolute Gasteiger partial charge is 0.126 e. The molecule has 0 aromatic heterocycles. The van der Waals surface area contributed by atoms with E-state index in [9.17, 15) is 4.39 Å². The standard InChI is InChI=1S/C13H16BrF/c14-10-13(7-3-4-8-13)9-11-5-1-2-6-12(11)15/h1-2,5-6H,3-4,7-10H2. The average Bonchev–Trinajstić information content (AvgIpc) is 2.71. The van der Waals surface area contributed by atoms with E-state index >= 15 is 0 Å². The molecule has 15 heavy (non-hydrogen) atoms. The molecule has 0 radical (unpaired) electrons. The summed E-state index contributed by atoms with van der Waals surface area (Å²) in [4.78, 5) is 0. The molecule has 0 amide bonds. The second kappa shape index (κ2) is 4.65. The molecule has 1 aromatic rings. The summed E-state index contributed by atoms with van der Waals surface area (Å²) >= 11 is 3.59. The third-order valence-corrected chi connectivity index (χ3v) is 4.66. The summed E-state index contributed by atoms with van der Waals surface area (Å²) in [5.41, 5.74) is 1.18. The van der Waals surface area contributed by atoms with Crippen molar-refractivity contribution >= 4 is 15.9 Å². The zero-order valence-corrected chi connectivity index (χ0v) is 10.4. The van der Waals surface area contributed by atoms with Crippen LogP contribution >= 0.6 is 15.9 Å². The molecule has 1 aliphatic carbocycles. The van der Waals surface area contributed by atoms with Crippen molar-refractivity contribution < 1.29 is 4.39 Å². The van der Waals surface area contributed by atoms with E-state index in [0.717, 1.165) is 17.3 Å². The highest BCUT2D eigenvalue weighted by Gasteiger charge is 2.33. The summed E-state index contributed by atoms with van der Waals surface area (Å²) in [6, 6.07) is 7.16. The Bertz CT molecular complexity index is 329. The van der Waals surface area contributed by atoms with Crippen LogP contribution in [-0.2, 0) is 6.42 Å². The first-order valence-corrected chi connectivity index (χ1v) is 6.67. The van der Waals surface area contributed by atoms with Gasteiger partial charge in [-0.1, -0.05) is 47.0 Å². The van der Waals surface area contributed by atoms with Crippen LogP contribution in [0.3, 0.4) is 0 Å². The topological polar surface area (TPSA) is 0 Å². The predicted octanol–water partition coefficient (Wildman–Crippen LogP) is 4.32. The molecule has 1 aromatic carbocycles. The lowest BCUT2D eigenvalue weighted by Crippen LogP contribution is -2.22. The fourth-order valence-corrected chi connectivity index (χ4v) is 3.29. The van der Waals surface area contributed by atoms with Crippen LogP contribution in [0.2, 0.25) is 0 Å². The maximum Gasteiger partial charge on any atom is 0.126 e. The van der Waals surface area contributed by atoms with E-state index < -0.39 is 0 Å². The maximum atomic E-state index is 13.5. The Labute approximate surface area is 99.0 Å². The highest BCUT2D eigenvalue weighted by Crippen LogP contribution is 2.42. The summed E-state index contributed by atoms with van der Waals surface area (Å²) in [6.45, 7) is 0. The Kier molecular flexibility index (Phi) is 3.45. The third kappa shape index (κ3) is 2.41. The minimum absolute atomic E-state index is 0.0512. The van der Waals surface area contributed by atoms with Gasteiger partial charge in [-0.3, -0.25) is 0 Å². The number of benzene rings is 1. The molecule has 0 saturated heterocycles. The Balaban J connectivity index is 2.16. The zero-order valence-electron chi connectivity index (χ0n) is 8.81. The molecular weight excluding hydrogens is 255 g/mol. The molecule has 1 fully saturated rings. The third-order valence-electron chi connectivity index (χ3n) is 3.47. The van der Waals surface area contributed by atoms with Crippen molar-refractivity contribution in [2.24, 2.45) is 5.41 Å². The average molecular weight is 271 g/mol. The molecule has 0 nitrogen and oxygen atoms in total. The van der Waals surface area contributed by atoms with Crippen molar-refractivity contribution in [2.75, 3.05) is 5.33 Å². The van der Waals surface area contributed by atoms with Crippen molar-refractivity contribution in [3.63, 3.8) is 0 Å². The normalized spacial score (nSPS) is 19.3. The maximum absolute atomic E-state index is 13.5. The first-order chi connectivity index (χ1) is 7.26. The zero-order chi connectivity index (χ0) is 10.7. The number of hydrogen-bond acceptors (Lipinski definition) is 0. The Morgan fingerprint density at radius 3 is 2.47 bits per heavy atom. The molecule has 2 rings (SSSR count). The fraction of sp³-hybridized carbons (Fsp3) is 0.538. The fourth-order valence-electron chi connectivity index (χ4n) is 2.53. The Morgan fingerprint density at radius 2 is 1.87 bits per heavy atom. The van der Waals surface area contributed by atoms with Crippen LogP contribution in [0.25, 0.3) is 0 Å². The Hall–Kier alpha value is -0.370. The van der Waals surface area contributed by atoms with Crippen LogP contribution < -0.4 is 0 Å². The number of rotatable bonds is 3. The highest BCUT2D eigenvalue weighted by atomic mass is 79.9. The van der Waals surface area contributed by atoms with E-state index in [-0.39, 0.29) is 5.82 Å². The van der Waals surface area contributed by atoms with Crippen molar-refractivity contribution in [3.05, 3.63) is 35.6 Å². The van der Waals surface area contributed by atoms with E-state index in [4.69, 9.17) is 0 Å². The van der Waals surface area contributed by atoms with Gasteiger partial charge in [0.2, 0.25) is 0 Å². The number of alkyl halides is 1. The minimum atomic E-state index is -0.0512. The molecule has 2 heteroatoms. The lowest BCUT2D eigenvalue weighted by Gasteiger charge is -2.26. The second-order valence-electron chi connectivity index (χ2n) is 4.61. The predicted molar refractivity (Wildman–Crippen MR) is 64.8 cm³/mol. The van der Waals surface area contributed by atoms with Gasteiger partial charge in [0.1, 0.15) is 5.82 Å². The number of hydrogen-bond donors (Lipinski definition) is 0. The van der Waals surface area contributed by atoms with Gasteiger partial charge in [0.05, 0.1) is 0 Å². The quantitative estimate of drug-likeness (QED) is 0.718. The molecule has 1 saturated carbocycles. The van der Waals surface area contributed by atoms with Crippen molar-refractivity contribution in [1.82, 2.24) is 0 Å². The lowest BCUT2D eigenvalue weighted by molar-refractivity contribution is 0.341. The monoisotopic (exact) mass is 270 g/mol. The highest BCUT2D eigenvalue weighted by molar-refractivity contribution is 9.09. The van der Waals surface area contributed by atoms with Gasteiger partial charge in [-0.25, -0.2) is 4.39 Å². The van der Waals surface area contributed by atoms with E-state index in [1.54, 1.807) is 12.1 Å².